The second kappa shape index (κ2) is 18.0. The average Bonchev–Trinajstić information content (AvgIpc) is 3.57. The molecule has 6 heteroatoms. The zero-order valence-electron chi connectivity index (χ0n) is 24.2. The zero-order valence-corrected chi connectivity index (χ0v) is 32.1. The van der Waals surface area contributed by atoms with Crippen molar-refractivity contribution in [1.29, 1.82) is 0 Å². The van der Waals surface area contributed by atoms with E-state index in [4.69, 9.17) is 11.2 Å². The maximum Gasteiger partial charge on any atom is 0.116 e. The molecule has 0 bridgehead atoms. The first-order valence-corrected chi connectivity index (χ1v) is 27.8. The average molecular weight is 857 g/mol. The van der Waals surface area contributed by atoms with E-state index in [1.807, 2.05) is 0 Å². The molecule has 2 aliphatic heterocycles. The maximum absolute atomic E-state index is 6.78. The summed E-state index contributed by atoms with van der Waals surface area (Å²) >= 11 is 12.0. The van der Waals surface area contributed by atoms with Gasteiger partial charge in [-0.2, -0.15) is 0 Å². The van der Waals surface area contributed by atoms with E-state index < -0.39 is 12.8 Å². The Labute approximate surface area is 289 Å². The highest BCUT2D eigenvalue weighted by molar-refractivity contribution is 14.2. The number of halogens is 3. The van der Waals surface area contributed by atoms with Crippen molar-refractivity contribution in [2.45, 2.75) is 75.4 Å². The van der Waals surface area contributed by atoms with Crippen LogP contribution >= 0.6 is 67.9 Å². The molecule has 0 radical (unpaired) electrons. The first kappa shape index (κ1) is 36.2. The van der Waals surface area contributed by atoms with Gasteiger partial charge in [0.1, 0.15) is 5.57 Å². The molecule has 224 valence electrons. The smallest absolute Gasteiger partial charge is 0.116 e. The van der Waals surface area contributed by atoms with Crippen LogP contribution in [0, 0.1) is 0 Å². The van der Waals surface area contributed by atoms with E-state index in [0.717, 1.165) is 11.3 Å². The van der Waals surface area contributed by atoms with E-state index in [1.54, 1.807) is 0 Å². The van der Waals surface area contributed by atoms with Crippen molar-refractivity contribution in [2.75, 3.05) is 0 Å². The molecule has 4 aromatic carbocycles. The Morgan fingerprint density at radius 2 is 0.738 bits per heavy atom. The molecule has 4 atom stereocenters. The van der Waals surface area contributed by atoms with E-state index in [0.29, 0.717) is 11.3 Å². The molecule has 0 aromatic heterocycles. The van der Waals surface area contributed by atoms with Crippen LogP contribution in [0.2, 0.25) is 19.6 Å². The lowest BCUT2D eigenvalue weighted by molar-refractivity contribution is 0.765. The van der Waals surface area contributed by atoms with Crippen molar-refractivity contribution in [3.05, 3.63) is 144 Å². The molecule has 0 N–H and O–H groups in total. The normalized spacial score (nSPS) is 22.2. The van der Waals surface area contributed by atoms with E-state index in [9.17, 15) is 0 Å². The van der Waals surface area contributed by atoms with Crippen LogP contribution in [0.15, 0.2) is 121 Å². The lowest BCUT2D eigenvalue weighted by Crippen LogP contribution is -2.05. The van der Waals surface area contributed by atoms with Crippen molar-refractivity contribution >= 4 is 73.5 Å². The van der Waals surface area contributed by atoms with Gasteiger partial charge in [0.25, 0.3) is 0 Å². The van der Waals surface area contributed by atoms with Gasteiger partial charge in [0.2, 0.25) is 0 Å². The molecule has 2 aliphatic rings. The van der Waals surface area contributed by atoms with E-state index in [1.165, 1.54) is 47.9 Å². The van der Waals surface area contributed by atoms with E-state index >= 15 is 0 Å². The standard InChI is InChI=1S/C16H16ClP.C16H16IP.C3H9ISi.CH4/c2*17-18-15(13-7-3-1-4-8-13)11-12-16(18)14-9-5-2-6-10-14;1-5(2,3)4;/h2*1-10,15-16H,11-12H2;1-3H3;1H4/t2*15-,16-;;/m00../s1. The van der Waals surface area contributed by atoms with Crippen molar-refractivity contribution in [1.82, 2.24) is 0 Å². The Balaban J connectivity index is 0.000000195. The quantitative estimate of drug-likeness (QED) is 0.0830. The van der Waals surface area contributed by atoms with Crippen LogP contribution in [0.5, 0.6) is 0 Å². The minimum atomic E-state index is -0.641. The van der Waals surface area contributed by atoms with Gasteiger partial charge in [-0.3, -0.25) is 0 Å². The molecule has 0 unspecified atom stereocenters. The summed E-state index contributed by atoms with van der Waals surface area (Å²) in [7, 11) is -0.472. The van der Waals surface area contributed by atoms with Crippen molar-refractivity contribution in [3.63, 3.8) is 0 Å². The molecule has 0 aliphatic carbocycles. The molecule has 0 saturated carbocycles. The first-order chi connectivity index (χ1) is 19.7. The van der Waals surface area contributed by atoms with Crippen LogP contribution in [-0.2, 0) is 0 Å². The largest absolute Gasteiger partial charge is 0.120 e. The summed E-state index contributed by atoms with van der Waals surface area (Å²) in [4.78, 5) is 0. The molecule has 2 fully saturated rings. The summed E-state index contributed by atoms with van der Waals surface area (Å²) in [5.74, 6) is 0. The molecular formula is C36H45ClI2P2Si. The molecule has 4 aromatic rings. The predicted molar refractivity (Wildman–Crippen MR) is 213 cm³/mol. The molecule has 6 rings (SSSR count). The third-order valence-corrected chi connectivity index (χ3v) is 17.4. The van der Waals surface area contributed by atoms with Gasteiger partial charge in [0.15, 0.2) is 0 Å². The van der Waals surface area contributed by atoms with Crippen molar-refractivity contribution in [2.24, 2.45) is 0 Å². The van der Waals surface area contributed by atoms with Gasteiger partial charge in [0.05, 0.1) is 0 Å². The topological polar surface area (TPSA) is 0 Å². The highest BCUT2D eigenvalue weighted by Gasteiger charge is 2.36. The van der Waals surface area contributed by atoms with Crippen LogP contribution in [0.4, 0.5) is 0 Å². The Morgan fingerprint density at radius 3 is 1.00 bits per heavy atom. The highest BCUT2D eigenvalue weighted by Crippen LogP contribution is 2.75. The molecule has 42 heavy (non-hydrogen) atoms. The third kappa shape index (κ3) is 11.0. The van der Waals surface area contributed by atoms with Gasteiger partial charge in [-0.15, -0.1) is 21.8 Å². The van der Waals surface area contributed by atoms with Gasteiger partial charge < -0.3 is 0 Å². The van der Waals surface area contributed by atoms with Crippen LogP contribution in [-0.4, -0.2) is 5.57 Å². The van der Waals surface area contributed by atoms with Gasteiger partial charge in [0, 0.05) is 29.9 Å². The maximum atomic E-state index is 6.78. The number of rotatable bonds is 4. The monoisotopic (exact) mass is 856 g/mol. The second-order valence-electron chi connectivity index (χ2n) is 11.6. The zero-order chi connectivity index (χ0) is 29.2. The highest BCUT2D eigenvalue weighted by atomic mass is 127. The number of hydrogen-bond donors (Lipinski definition) is 0. The Bertz CT molecular complexity index is 1090. The SMILES string of the molecule is C.C[Si](C)(C)I.ClP1[C@H](c2ccccc2)CC[C@H]1c1ccccc1.IP1[C@H](c2ccccc2)CC[C@H]1c1ccccc1. The molecule has 0 spiro atoms. The lowest BCUT2D eigenvalue weighted by Gasteiger charge is -2.20. The first-order valence-electron chi connectivity index (χ1n) is 14.5. The fourth-order valence-electron chi connectivity index (χ4n) is 5.50. The van der Waals surface area contributed by atoms with Gasteiger partial charge in [-0.1, -0.05) is 182 Å². The number of benzene rings is 4. The minimum absolute atomic E-state index is 0. The summed E-state index contributed by atoms with van der Waals surface area (Å²) in [6.45, 7) is 6.94. The Hall–Kier alpha value is -0.293. The molecule has 2 saturated heterocycles. The van der Waals surface area contributed by atoms with Crippen LogP contribution in [0.1, 0.15) is 78.0 Å². The summed E-state index contributed by atoms with van der Waals surface area (Å²) in [6.07, 6.45) is 5.13. The third-order valence-electron chi connectivity index (χ3n) is 7.36. The van der Waals surface area contributed by atoms with E-state index in [-0.39, 0.29) is 13.0 Å². The Morgan fingerprint density at radius 1 is 0.524 bits per heavy atom. The minimum Gasteiger partial charge on any atom is -0.120 e. The molecule has 0 amide bonds. The fourth-order valence-corrected chi connectivity index (χ4v) is 14.6. The second-order valence-corrected chi connectivity index (χ2v) is 33.8. The molecule has 2 heterocycles. The van der Waals surface area contributed by atoms with Crippen molar-refractivity contribution in [3.8, 4) is 0 Å². The summed E-state index contributed by atoms with van der Waals surface area (Å²) in [5.41, 5.74) is 7.98. The Kier molecular flexibility index (Phi) is 15.5. The van der Waals surface area contributed by atoms with Crippen LogP contribution in [0.25, 0.3) is 0 Å². The lowest BCUT2D eigenvalue weighted by atomic mass is 10.0. The van der Waals surface area contributed by atoms with Crippen LogP contribution < -0.4 is 0 Å². The fraction of sp³-hybridized carbons (Fsp3) is 0.333. The van der Waals surface area contributed by atoms with Gasteiger partial charge in [-0.05, 0) is 53.5 Å². The van der Waals surface area contributed by atoms with Crippen LogP contribution in [0.3, 0.4) is 0 Å². The van der Waals surface area contributed by atoms with Gasteiger partial charge >= 0.3 is 0 Å². The van der Waals surface area contributed by atoms with Crippen molar-refractivity contribution < 1.29 is 0 Å². The van der Waals surface area contributed by atoms with E-state index in [2.05, 4.69) is 185 Å². The predicted octanol–water partition coefficient (Wildman–Crippen LogP) is 14.9. The summed E-state index contributed by atoms with van der Waals surface area (Å²) < 4.78 is 0. The molecule has 0 nitrogen and oxygen atoms in total. The molecular weight excluding hydrogens is 812 g/mol. The number of hydrogen-bond acceptors (Lipinski definition) is 0. The summed E-state index contributed by atoms with van der Waals surface area (Å²) in [6, 6.07) is 43.6. The van der Waals surface area contributed by atoms with Gasteiger partial charge in [-0.25, -0.2) is 0 Å². The summed E-state index contributed by atoms with van der Waals surface area (Å²) in [5, 5.41) is 0.